The number of rotatable bonds is 5. The first kappa shape index (κ1) is 18.9. The number of carbonyl (C=O) groups excluding carboxylic acids is 1. The van der Waals surface area contributed by atoms with Crippen LogP contribution in [0.15, 0.2) is 43.0 Å². The highest BCUT2D eigenvalue weighted by molar-refractivity contribution is 6.30. The van der Waals surface area contributed by atoms with E-state index in [1.165, 1.54) is 30.9 Å². The van der Waals surface area contributed by atoms with Crippen LogP contribution in [0, 0.1) is 11.6 Å². The normalized spacial score (nSPS) is 13.7. The van der Waals surface area contributed by atoms with Gasteiger partial charge in [-0.25, -0.2) is 18.7 Å². The summed E-state index contributed by atoms with van der Waals surface area (Å²) in [6.07, 6.45) is 5.45. The number of anilines is 2. The number of hydrogen-bond donors (Lipinski definition) is 1. The summed E-state index contributed by atoms with van der Waals surface area (Å²) in [5.41, 5.74) is 0.611. The monoisotopic (exact) mass is 418 g/mol. The summed E-state index contributed by atoms with van der Waals surface area (Å²) >= 11 is 5.63. The molecule has 1 fully saturated rings. The summed E-state index contributed by atoms with van der Waals surface area (Å²) in [5, 5.41) is 9.67. The van der Waals surface area contributed by atoms with Gasteiger partial charge in [-0.3, -0.25) is 4.79 Å². The topological polar surface area (TPSA) is 93.1 Å². The van der Waals surface area contributed by atoms with Crippen LogP contribution in [0.2, 0.25) is 5.02 Å². The Morgan fingerprint density at radius 3 is 2.69 bits per heavy atom. The van der Waals surface area contributed by atoms with Crippen LogP contribution in [0.4, 0.5) is 20.3 Å². The summed E-state index contributed by atoms with van der Waals surface area (Å²) < 4.78 is 32.3. The highest BCUT2D eigenvalue weighted by Crippen LogP contribution is 2.28. The summed E-state index contributed by atoms with van der Waals surface area (Å²) in [6, 6.07) is 3.75. The lowest BCUT2D eigenvalue weighted by molar-refractivity contribution is 0.102. The first-order valence-corrected chi connectivity index (χ1v) is 8.84. The van der Waals surface area contributed by atoms with Crippen molar-refractivity contribution in [1.29, 1.82) is 0 Å². The van der Waals surface area contributed by atoms with Crippen molar-refractivity contribution >= 4 is 29.0 Å². The molecular formula is C18H13ClF2N6O2. The molecule has 1 aliphatic rings. The van der Waals surface area contributed by atoms with Gasteiger partial charge in [0.25, 0.3) is 5.91 Å². The Hall–Kier alpha value is -3.40. The van der Waals surface area contributed by atoms with Crippen LogP contribution in [0.5, 0.6) is 5.75 Å². The molecule has 0 aliphatic carbocycles. The maximum atomic E-state index is 13.5. The van der Waals surface area contributed by atoms with E-state index < -0.39 is 17.5 Å². The fourth-order valence-corrected chi connectivity index (χ4v) is 2.95. The number of carbonyl (C=O) groups is 1. The Morgan fingerprint density at radius 2 is 1.97 bits per heavy atom. The zero-order valence-electron chi connectivity index (χ0n) is 14.7. The molecule has 1 saturated heterocycles. The maximum absolute atomic E-state index is 13.5. The van der Waals surface area contributed by atoms with Crippen LogP contribution in [-0.2, 0) is 0 Å². The molecule has 11 heteroatoms. The number of hydrogen-bond acceptors (Lipinski definition) is 7. The van der Waals surface area contributed by atoms with Crippen molar-refractivity contribution in [1.82, 2.24) is 20.2 Å². The van der Waals surface area contributed by atoms with Crippen molar-refractivity contribution in [3.05, 3.63) is 65.3 Å². The van der Waals surface area contributed by atoms with Gasteiger partial charge in [0.1, 0.15) is 11.9 Å². The first-order valence-electron chi connectivity index (χ1n) is 8.46. The molecule has 1 amide bonds. The minimum absolute atomic E-state index is 0.126. The van der Waals surface area contributed by atoms with Gasteiger partial charge in [0.05, 0.1) is 36.2 Å². The predicted molar refractivity (Wildman–Crippen MR) is 100 cm³/mol. The molecule has 0 atom stereocenters. The van der Waals surface area contributed by atoms with Gasteiger partial charge < -0.3 is 15.0 Å². The molecule has 0 saturated carbocycles. The van der Waals surface area contributed by atoms with Gasteiger partial charge in [-0.05, 0) is 6.07 Å². The Morgan fingerprint density at radius 1 is 1.17 bits per heavy atom. The standard InChI is InChI=1S/C18H13ClF2N6O2/c19-13-5-11(6-14(20)15(13)21)29-12-8-27(9-12)17-16(22-3-4-23-17)18(28)26-10-1-2-24-25-7-10/h1-7,12H,8-9H2,(H,24,26,28). The molecule has 0 spiro atoms. The molecule has 29 heavy (non-hydrogen) atoms. The molecule has 148 valence electrons. The third kappa shape index (κ3) is 4.06. The number of ether oxygens (including phenoxy) is 1. The van der Waals surface area contributed by atoms with Crippen molar-refractivity contribution in [3.63, 3.8) is 0 Å². The molecule has 0 radical (unpaired) electrons. The Labute approximate surface area is 168 Å². The first-order chi connectivity index (χ1) is 14.0. The minimum Gasteiger partial charge on any atom is -0.487 e. The van der Waals surface area contributed by atoms with Gasteiger partial charge in [0, 0.05) is 24.5 Å². The average molecular weight is 419 g/mol. The third-order valence-corrected chi connectivity index (χ3v) is 4.42. The van der Waals surface area contributed by atoms with Gasteiger partial charge in [0.15, 0.2) is 23.1 Å². The van der Waals surface area contributed by atoms with Crippen molar-refractivity contribution in [2.75, 3.05) is 23.3 Å². The lowest BCUT2D eigenvalue weighted by Gasteiger charge is -2.40. The van der Waals surface area contributed by atoms with Crippen molar-refractivity contribution in [3.8, 4) is 5.75 Å². The summed E-state index contributed by atoms with van der Waals surface area (Å²) in [5.74, 6) is -2.13. The minimum atomic E-state index is -1.12. The Bertz CT molecular complexity index is 1030. The van der Waals surface area contributed by atoms with Gasteiger partial charge in [-0.2, -0.15) is 10.2 Å². The number of benzene rings is 1. The van der Waals surface area contributed by atoms with Crippen LogP contribution in [0.1, 0.15) is 10.5 Å². The van der Waals surface area contributed by atoms with E-state index in [1.54, 1.807) is 11.0 Å². The third-order valence-electron chi connectivity index (χ3n) is 4.14. The number of aromatic nitrogens is 4. The number of amides is 1. The number of halogens is 3. The molecule has 0 bridgehead atoms. The molecule has 1 N–H and O–H groups in total. The quantitative estimate of drug-likeness (QED) is 0.637. The van der Waals surface area contributed by atoms with E-state index in [0.717, 1.165) is 6.07 Å². The zero-order chi connectivity index (χ0) is 20.4. The summed E-state index contributed by atoms with van der Waals surface area (Å²) in [4.78, 5) is 22.7. The molecule has 8 nitrogen and oxygen atoms in total. The van der Waals surface area contributed by atoms with Crippen molar-refractivity contribution in [2.45, 2.75) is 6.10 Å². The smallest absolute Gasteiger partial charge is 0.278 e. The van der Waals surface area contributed by atoms with E-state index in [2.05, 4.69) is 25.5 Å². The predicted octanol–water partition coefficient (Wildman–Crippen LogP) is 2.72. The SMILES string of the molecule is O=C(Nc1ccnnc1)c1nccnc1N1CC(Oc2cc(F)c(F)c(Cl)c2)C1. The van der Waals surface area contributed by atoms with Crippen molar-refractivity contribution < 1.29 is 18.3 Å². The molecule has 3 heterocycles. The van der Waals surface area contributed by atoms with E-state index >= 15 is 0 Å². The average Bonchev–Trinajstić information content (AvgIpc) is 2.69. The molecular weight excluding hydrogens is 406 g/mol. The number of nitrogens with one attached hydrogen (secondary N) is 1. The van der Waals surface area contributed by atoms with Crippen molar-refractivity contribution in [2.24, 2.45) is 0 Å². The maximum Gasteiger partial charge on any atom is 0.278 e. The molecule has 1 aliphatic heterocycles. The lowest BCUT2D eigenvalue weighted by Crippen LogP contribution is -2.54. The second-order valence-electron chi connectivity index (χ2n) is 6.16. The Balaban J connectivity index is 1.43. The van der Waals surface area contributed by atoms with Crippen LogP contribution in [0.25, 0.3) is 0 Å². The Kier molecular flexibility index (Phi) is 5.17. The van der Waals surface area contributed by atoms with E-state index in [9.17, 15) is 13.6 Å². The second-order valence-corrected chi connectivity index (χ2v) is 6.57. The lowest BCUT2D eigenvalue weighted by atomic mass is 10.1. The van der Waals surface area contributed by atoms with Crippen LogP contribution < -0.4 is 15.0 Å². The van der Waals surface area contributed by atoms with E-state index in [-0.39, 0.29) is 22.6 Å². The van der Waals surface area contributed by atoms with Gasteiger partial charge in [-0.15, -0.1) is 0 Å². The van der Waals surface area contributed by atoms with E-state index in [1.807, 2.05) is 0 Å². The van der Waals surface area contributed by atoms with Crippen LogP contribution >= 0.6 is 11.6 Å². The second kappa shape index (κ2) is 7.92. The van der Waals surface area contributed by atoms with Gasteiger partial charge >= 0.3 is 0 Å². The zero-order valence-corrected chi connectivity index (χ0v) is 15.5. The summed E-state index contributed by atoms with van der Waals surface area (Å²) in [6.45, 7) is 0.763. The molecule has 3 aromatic rings. The fourth-order valence-electron chi connectivity index (χ4n) is 2.76. The number of nitrogens with zero attached hydrogens (tertiary/aromatic N) is 5. The summed E-state index contributed by atoms with van der Waals surface area (Å²) in [7, 11) is 0. The molecule has 2 aromatic heterocycles. The van der Waals surface area contributed by atoms with Crippen LogP contribution in [-0.4, -0.2) is 45.3 Å². The van der Waals surface area contributed by atoms with Crippen LogP contribution in [0.3, 0.4) is 0 Å². The largest absolute Gasteiger partial charge is 0.487 e. The van der Waals surface area contributed by atoms with Gasteiger partial charge in [0.2, 0.25) is 0 Å². The van der Waals surface area contributed by atoms with E-state index in [4.69, 9.17) is 16.3 Å². The highest BCUT2D eigenvalue weighted by Gasteiger charge is 2.33. The molecule has 0 unspecified atom stereocenters. The fraction of sp³-hybridized carbons (Fsp3) is 0.167. The molecule has 1 aromatic carbocycles. The highest BCUT2D eigenvalue weighted by atomic mass is 35.5. The molecule has 4 rings (SSSR count). The van der Waals surface area contributed by atoms with Gasteiger partial charge in [-0.1, -0.05) is 11.6 Å². The van der Waals surface area contributed by atoms with E-state index in [0.29, 0.717) is 24.6 Å².